The molecule has 4 nitrogen and oxygen atoms in total. The molecular formula is C5H7IN2O2. The summed E-state index contributed by atoms with van der Waals surface area (Å²) in [4.78, 5) is 0. The van der Waals surface area contributed by atoms with Crippen LogP contribution in [-0.4, -0.2) is 23.9 Å². The molecule has 0 spiro atoms. The van der Waals surface area contributed by atoms with Crippen LogP contribution in [0.4, 0.5) is 0 Å². The van der Waals surface area contributed by atoms with E-state index in [1.54, 1.807) is 7.11 Å². The summed E-state index contributed by atoms with van der Waals surface area (Å²) in [6, 6.07) is 0. The molecular weight excluding hydrogens is 247 g/mol. The maximum atomic E-state index is 5.07. The van der Waals surface area contributed by atoms with E-state index in [1.165, 1.54) is 0 Å². The third-order valence-electron chi connectivity index (χ3n) is 0.962. The molecule has 0 bridgehead atoms. The Balaban J connectivity index is 2.42. The van der Waals surface area contributed by atoms with E-state index >= 15 is 0 Å². The Hall–Kier alpha value is -0.170. The summed E-state index contributed by atoms with van der Waals surface area (Å²) in [5, 5.41) is 7.43. The van der Waals surface area contributed by atoms with Gasteiger partial charge in [-0.15, -0.1) is 10.2 Å². The molecule has 0 aliphatic heterocycles. The Bertz CT molecular complexity index is 201. The lowest BCUT2D eigenvalue weighted by Crippen LogP contribution is -1.93. The van der Waals surface area contributed by atoms with Crippen LogP contribution in [-0.2, 0) is 11.2 Å². The van der Waals surface area contributed by atoms with Gasteiger partial charge in [-0.1, -0.05) is 0 Å². The molecule has 5 heteroatoms. The summed E-state index contributed by atoms with van der Waals surface area (Å²) in [5.41, 5.74) is 0. The van der Waals surface area contributed by atoms with E-state index in [0.717, 1.165) is 0 Å². The summed E-state index contributed by atoms with van der Waals surface area (Å²) >= 11 is 1.97. The van der Waals surface area contributed by atoms with Gasteiger partial charge in [-0.3, -0.25) is 0 Å². The normalized spacial score (nSPS) is 10.2. The molecule has 1 aromatic heterocycles. The maximum Gasteiger partial charge on any atom is 0.278 e. The van der Waals surface area contributed by atoms with Gasteiger partial charge >= 0.3 is 0 Å². The number of halogens is 1. The molecule has 10 heavy (non-hydrogen) atoms. The standard InChI is InChI=1S/C5H7IN2O2/c1-9-3-2-4-7-8-5(6)10-4/h2-3H2,1H3. The molecule has 56 valence electrons. The van der Waals surface area contributed by atoms with E-state index in [0.29, 0.717) is 22.8 Å². The highest BCUT2D eigenvalue weighted by atomic mass is 127. The third-order valence-corrected chi connectivity index (χ3v) is 1.40. The lowest BCUT2D eigenvalue weighted by Gasteiger charge is -1.90. The van der Waals surface area contributed by atoms with Crippen LogP contribution in [0.15, 0.2) is 4.42 Å². The van der Waals surface area contributed by atoms with Gasteiger partial charge in [-0.05, 0) is 0 Å². The van der Waals surface area contributed by atoms with E-state index < -0.39 is 0 Å². The number of methoxy groups -OCH3 is 1. The Morgan fingerprint density at radius 3 is 2.90 bits per heavy atom. The zero-order valence-electron chi connectivity index (χ0n) is 5.50. The average Bonchev–Trinajstić information content (AvgIpc) is 2.31. The number of rotatable bonds is 3. The number of hydrogen-bond donors (Lipinski definition) is 0. The molecule has 0 radical (unpaired) electrons. The van der Waals surface area contributed by atoms with Crippen LogP contribution in [0, 0.1) is 3.90 Å². The molecule has 0 saturated carbocycles. The lowest BCUT2D eigenvalue weighted by molar-refractivity contribution is 0.194. The molecule has 0 aliphatic rings. The quantitative estimate of drug-likeness (QED) is 0.750. The van der Waals surface area contributed by atoms with Crippen molar-refractivity contribution in [3.05, 3.63) is 9.79 Å². The first kappa shape index (κ1) is 7.93. The summed E-state index contributed by atoms with van der Waals surface area (Å²) < 4.78 is 10.5. The van der Waals surface area contributed by atoms with Gasteiger partial charge in [0.25, 0.3) is 3.90 Å². The van der Waals surface area contributed by atoms with Crippen molar-refractivity contribution in [2.24, 2.45) is 0 Å². The molecule has 0 atom stereocenters. The van der Waals surface area contributed by atoms with Crippen LogP contribution in [0.25, 0.3) is 0 Å². The van der Waals surface area contributed by atoms with Gasteiger partial charge in [0.15, 0.2) is 0 Å². The molecule has 0 aliphatic carbocycles. The zero-order chi connectivity index (χ0) is 7.40. The lowest BCUT2D eigenvalue weighted by atomic mass is 10.5. The Morgan fingerprint density at radius 2 is 2.40 bits per heavy atom. The highest BCUT2D eigenvalue weighted by Gasteiger charge is 2.00. The van der Waals surface area contributed by atoms with Crippen molar-refractivity contribution in [1.82, 2.24) is 10.2 Å². The number of hydrogen-bond acceptors (Lipinski definition) is 4. The molecule has 0 saturated heterocycles. The van der Waals surface area contributed by atoms with E-state index in [-0.39, 0.29) is 0 Å². The summed E-state index contributed by atoms with van der Waals surface area (Å²) in [6.07, 6.45) is 0.687. The molecule has 1 rings (SSSR count). The van der Waals surface area contributed by atoms with Gasteiger partial charge in [-0.25, -0.2) is 0 Å². The zero-order valence-corrected chi connectivity index (χ0v) is 7.66. The minimum Gasteiger partial charge on any atom is -0.416 e. The van der Waals surface area contributed by atoms with E-state index in [9.17, 15) is 0 Å². The highest BCUT2D eigenvalue weighted by Crippen LogP contribution is 2.02. The topological polar surface area (TPSA) is 48.2 Å². The number of nitrogens with zero attached hydrogens (tertiary/aromatic N) is 2. The Labute approximate surface area is 72.1 Å². The van der Waals surface area contributed by atoms with E-state index in [1.807, 2.05) is 22.6 Å². The van der Waals surface area contributed by atoms with E-state index in [4.69, 9.17) is 9.15 Å². The van der Waals surface area contributed by atoms with Crippen LogP contribution in [0.3, 0.4) is 0 Å². The fourth-order valence-electron chi connectivity index (χ4n) is 0.524. The van der Waals surface area contributed by atoms with Crippen molar-refractivity contribution in [2.45, 2.75) is 6.42 Å². The summed E-state index contributed by atoms with van der Waals surface area (Å²) in [6.45, 7) is 0.623. The summed E-state index contributed by atoms with van der Waals surface area (Å²) in [5.74, 6) is 0.631. The Kier molecular flexibility index (Phi) is 3.07. The predicted octanol–water partition coefficient (Wildman–Crippen LogP) is 0.863. The second-order valence-electron chi connectivity index (χ2n) is 1.69. The number of ether oxygens (including phenoxy) is 1. The summed E-state index contributed by atoms with van der Waals surface area (Å²) in [7, 11) is 1.64. The van der Waals surface area contributed by atoms with Crippen molar-refractivity contribution in [3.8, 4) is 0 Å². The number of aromatic nitrogens is 2. The molecule has 0 N–H and O–H groups in total. The molecule has 1 heterocycles. The van der Waals surface area contributed by atoms with Gasteiger partial charge < -0.3 is 9.15 Å². The van der Waals surface area contributed by atoms with Crippen molar-refractivity contribution >= 4 is 22.6 Å². The van der Waals surface area contributed by atoms with Gasteiger partial charge in [0.2, 0.25) is 5.89 Å². The van der Waals surface area contributed by atoms with Crippen LogP contribution in [0.1, 0.15) is 5.89 Å². The van der Waals surface area contributed by atoms with Crippen molar-refractivity contribution < 1.29 is 9.15 Å². The molecule has 0 unspecified atom stereocenters. The van der Waals surface area contributed by atoms with Crippen LogP contribution in [0.5, 0.6) is 0 Å². The van der Waals surface area contributed by atoms with E-state index in [2.05, 4.69) is 10.2 Å². The smallest absolute Gasteiger partial charge is 0.278 e. The molecule has 0 fully saturated rings. The monoisotopic (exact) mass is 254 g/mol. The van der Waals surface area contributed by atoms with Crippen LogP contribution < -0.4 is 0 Å². The second kappa shape index (κ2) is 3.87. The third kappa shape index (κ3) is 2.22. The van der Waals surface area contributed by atoms with Gasteiger partial charge in [-0.2, -0.15) is 0 Å². The van der Waals surface area contributed by atoms with Crippen molar-refractivity contribution in [1.29, 1.82) is 0 Å². The average molecular weight is 254 g/mol. The first-order chi connectivity index (χ1) is 4.83. The minimum atomic E-state index is 0.573. The van der Waals surface area contributed by atoms with Crippen molar-refractivity contribution in [3.63, 3.8) is 0 Å². The maximum absolute atomic E-state index is 5.07. The van der Waals surface area contributed by atoms with Crippen molar-refractivity contribution in [2.75, 3.05) is 13.7 Å². The fraction of sp³-hybridized carbons (Fsp3) is 0.600. The largest absolute Gasteiger partial charge is 0.416 e. The first-order valence-electron chi connectivity index (χ1n) is 2.79. The van der Waals surface area contributed by atoms with Gasteiger partial charge in [0, 0.05) is 36.1 Å². The minimum absolute atomic E-state index is 0.573. The Morgan fingerprint density at radius 1 is 1.60 bits per heavy atom. The molecule has 1 aromatic rings. The molecule has 0 amide bonds. The SMILES string of the molecule is COCCc1nnc(I)o1. The highest BCUT2D eigenvalue weighted by molar-refractivity contribution is 14.1. The van der Waals surface area contributed by atoms with Gasteiger partial charge in [0.05, 0.1) is 6.61 Å². The second-order valence-corrected chi connectivity index (χ2v) is 2.61. The van der Waals surface area contributed by atoms with Crippen LogP contribution in [0.2, 0.25) is 0 Å². The molecule has 0 aromatic carbocycles. The van der Waals surface area contributed by atoms with Crippen LogP contribution >= 0.6 is 22.6 Å². The predicted molar refractivity (Wildman–Crippen MR) is 42.6 cm³/mol. The first-order valence-corrected chi connectivity index (χ1v) is 3.87. The fourth-order valence-corrected chi connectivity index (χ4v) is 0.886. The van der Waals surface area contributed by atoms with Gasteiger partial charge in [0.1, 0.15) is 0 Å².